The third-order valence-corrected chi connectivity index (χ3v) is 3.15. The summed E-state index contributed by atoms with van der Waals surface area (Å²) < 4.78 is 21.7. The van der Waals surface area contributed by atoms with E-state index in [0.29, 0.717) is 52.0 Å². The molecule has 1 unspecified atom stereocenters. The molecule has 1 amide bonds. The van der Waals surface area contributed by atoms with Crippen molar-refractivity contribution < 1.29 is 23.7 Å². The van der Waals surface area contributed by atoms with Gasteiger partial charge in [0.2, 0.25) is 0 Å². The maximum absolute atomic E-state index is 11.7. The van der Waals surface area contributed by atoms with Crippen molar-refractivity contribution in [3.8, 4) is 0 Å². The van der Waals surface area contributed by atoms with E-state index >= 15 is 0 Å². The lowest BCUT2D eigenvalue weighted by molar-refractivity contribution is -0.121. The monoisotopic (exact) mass is 287 g/mol. The summed E-state index contributed by atoms with van der Waals surface area (Å²) in [7, 11) is 0. The SMILES string of the molecule is CC(C)(C)OC(=O)N1CC(COCC2COCCO2)C1. The van der Waals surface area contributed by atoms with Crippen LogP contribution in [0.15, 0.2) is 0 Å². The first kappa shape index (κ1) is 15.5. The van der Waals surface area contributed by atoms with E-state index in [1.807, 2.05) is 20.8 Å². The van der Waals surface area contributed by atoms with E-state index in [4.69, 9.17) is 18.9 Å². The Kier molecular flexibility index (Phi) is 5.23. The molecule has 0 aromatic heterocycles. The van der Waals surface area contributed by atoms with E-state index in [-0.39, 0.29) is 12.2 Å². The van der Waals surface area contributed by atoms with Crippen molar-refractivity contribution in [1.82, 2.24) is 4.90 Å². The number of ether oxygens (including phenoxy) is 4. The number of hydrogen-bond acceptors (Lipinski definition) is 5. The van der Waals surface area contributed by atoms with Gasteiger partial charge in [0.15, 0.2) is 0 Å². The maximum Gasteiger partial charge on any atom is 0.410 e. The third kappa shape index (κ3) is 4.92. The van der Waals surface area contributed by atoms with Crippen molar-refractivity contribution in [3.63, 3.8) is 0 Å². The van der Waals surface area contributed by atoms with Gasteiger partial charge in [0.05, 0.1) is 33.0 Å². The summed E-state index contributed by atoms with van der Waals surface area (Å²) in [4.78, 5) is 13.4. The minimum atomic E-state index is -0.434. The second-order valence-electron chi connectivity index (χ2n) is 6.36. The zero-order valence-corrected chi connectivity index (χ0v) is 12.6. The number of carbonyl (C=O) groups is 1. The first-order chi connectivity index (χ1) is 9.44. The Morgan fingerprint density at radius 3 is 2.60 bits per heavy atom. The van der Waals surface area contributed by atoms with Gasteiger partial charge in [0.25, 0.3) is 0 Å². The van der Waals surface area contributed by atoms with Crippen LogP contribution >= 0.6 is 0 Å². The van der Waals surface area contributed by atoms with Crippen LogP contribution in [0.2, 0.25) is 0 Å². The first-order valence-corrected chi connectivity index (χ1v) is 7.19. The molecule has 2 heterocycles. The molecular weight excluding hydrogens is 262 g/mol. The van der Waals surface area contributed by atoms with Crippen LogP contribution in [0.1, 0.15) is 20.8 Å². The van der Waals surface area contributed by atoms with Gasteiger partial charge < -0.3 is 23.8 Å². The predicted molar refractivity (Wildman–Crippen MR) is 72.7 cm³/mol. The van der Waals surface area contributed by atoms with Crippen molar-refractivity contribution in [2.24, 2.45) is 5.92 Å². The van der Waals surface area contributed by atoms with Gasteiger partial charge in [-0.05, 0) is 20.8 Å². The van der Waals surface area contributed by atoms with Crippen LogP contribution in [-0.4, -0.2) is 68.8 Å². The van der Waals surface area contributed by atoms with Crippen LogP contribution in [0.3, 0.4) is 0 Å². The van der Waals surface area contributed by atoms with Gasteiger partial charge >= 0.3 is 6.09 Å². The Morgan fingerprint density at radius 1 is 1.25 bits per heavy atom. The summed E-state index contributed by atoms with van der Waals surface area (Å²) in [6, 6.07) is 0. The summed E-state index contributed by atoms with van der Waals surface area (Å²) in [6.07, 6.45) is -0.191. The molecule has 0 aromatic carbocycles. The third-order valence-electron chi connectivity index (χ3n) is 3.15. The Labute approximate surface area is 120 Å². The number of amides is 1. The summed E-state index contributed by atoms with van der Waals surface area (Å²) >= 11 is 0. The van der Waals surface area contributed by atoms with E-state index in [2.05, 4.69) is 0 Å². The zero-order valence-electron chi connectivity index (χ0n) is 12.6. The largest absolute Gasteiger partial charge is 0.444 e. The van der Waals surface area contributed by atoms with Gasteiger partial charge in [-0.15, -0.1) is 0 Å². The molecule has 2 rings (SSSR count). The van der Waals surface area contributed by atoms with E-state index in [0.717, 1.165) is 0 Å². The fourth-order valence-electron chi connectivity index (χ4n) is 2.15. The Balaban J connectivity index is 1.54. The molecule has 20 heavy (non-hydrogen) atoms. The van der Waals surface area contributed by atoms with E-state index < -0.39 is 5.60 Å². The quantitative estimate of drug-likeness (QED) is 0.779. The topological polar surface area (TPSA) is 57.2 Å². The summed E-state index contributed by atoms with van der Waals surface area (Å²) in [6.45, 7) is 10.2. The Bertz CT molecular complexity index is 316. The molecule has 0 aliphatic carbocycles. The molecule has 0 spiro atoms. The van der Waals surface area contributed by atoms with Gasteiger partial charge in [0.1, 0.15) is 11.7 Å². The van der Waals surface area contributed by atoms with Gasteiger partial charge in [-0.2, -0.15) is 0 Å². The molecule has 116 valence electrons. The van der Waals surface area contributed by atoms with Crippen molar-refractivity contribution >= 4 is 6.09 Å². The average Bonchev–Trinajstić information content (AvgIpc) is 2.31. The van der Waals surface area contributed by atoms with Crippen LogP contribution in [0.25, 0.3) is 0 Å². The second-order valence-corrected chi connectivity index (χ2v) is 6.36. The van der Waals surface area contributed by atoms with Crippen molar-refractivity contribution in [3.05, 3.63) is 0 Å². The molecule has 6 nitrogen and oxygen atoms in total. The fraction of sp³-hybridized carbons (Fsp3) is 0.929. The van der Waals surface area contributed by atoms with Gasteiger partial charge in [-0.1, -0.05) is 0 Å². The summed E-state index contributed by atoms with van der Waals surface area (Å²) in [5.41, 5.74) is -0.434. The number of likely N-dealkylation sites (tertiary alicyclic amines) is 1. The molecule has 2 aliphatic rings. The molecular formula is C14H25NO5. The second kappa shape index (κ2) is 6.74. The standard InChI is InChI=1S/C14H25NO5/c1-14(2,3)20-13(16)15-6-11(7-15)8-18-10-12-9-17-4-5-19-12/h11-12H,4-10H2,1-3H3. The van der Waals surface area contributed by atoms with Crippen molar-refractivity contribution in [1.29, 1.82) is 0 Å². The lowest BCUT2D eigenvalue weighted by Gasteiger charge is -2.39. The van der Waals surface area contributed by atoms with Crippen LogP contribution < -0.4 is 0 Å². The zero-order chi connectivity index (χ0) is 14.6. The highest BCUT2D eigenvalue weighted by Gasteiger charge is 2.33. The molecule has 0 N–H and O–H groups in total. The molecule has 2 aliphatic heterocycles. The molecule has 0 radical (unpaired) electrons. The number of carbonyl (C=O) groups excluding carboxylic acids is 1. The van der Waals surface area contributed by atoms with Crippen LogP contribution in [0.5, 0.6) is 0 Å². The highest BCUT2D eigenvalue weighted by atomic mass is 16.6. The Hall–Kier alpha value is -0.850. The van der Waals surface area contributed by atoms with E-state index in [1.54, 1.807) is 4.90 Å². The predicted octanol–water partition coefficient (Wildman–Crippen LogP) is 1.29. The summed E-state index contributed by atoms with van der Waals surface area (Å²) in [5.74, 6) is 0.395. The molecule has 0 bridgehead atoms. The Morgan fingerprint density at radius 2 is 2.00 bits per heavy atom. The van der Waals surface area contributed by atoms with Gasteiger partial charge in [0, 0.05) is 19.0 Å². The molecule has 6 heteroatoms. The van der Waals surface area contributed by atoms with Crippen molar-refractivity contribution in [2.75, 3.05) is 46.1 Å². The lowest BCUT2D eigenvalue weighted by atomic mass is 10.0. The highest BCUT2D eigenvalue weighted by molar-refractivity contribution is 5.69. The molecule has 0 aromatic rings. The van der Waals surface area contributed by atoms with Gasteiger partial charge in [-0.25, -0.2) is 4.79 Å². The molecule has 1 atom stereocenters. The van der Waals surface area contributed by atoms with Crippen LogP contribution in [0.4, 0.5) is 4.79 Å². The van der Waals surface area contributed by atoms with Crippen LogP contribution in [-0.2, 0) is 18.9 Å². The van der Waals surface area contributed by atoms with E-state index in [9.17, 15) is 4.79 Å². The summed E-state index contributed by atoms with van der Waals surface area (Å²) in [5, 5.41) is 0. The highest BCUT2D eigenvalue weighted by Crippen LogP contribution is 2.19. The maximum atomic E-state index is 11.7. The van der Waals surface area contributed by atoms with Crippen molar-refractivity contribution in [2.45, 2.75) is 32.5 Å². The smallest absolute Gasteiger partial charge is 0.410 e. The normalized spacial score (nSPS) is 24.4. The molecule has 2 saturated heterocycles. The molecule has 0 saturated carbocycles. The van der Waals surface area contributed by atoms with E-state index in [1.165, 1.54) is 0 Å². The fourth-order valence-corrected chi connectivity index (χ4v) is 2.15. The lowest BCUT2D eigenvalue weighted by Crippen LogP contribution is -2.53. The minimum absolute atomic E-state index is 0.0470. The molecule has 2 fully saturated rings. The first-order valence-electron chi connectivity index (χ1n) is 7.19. The minimum Gasteiger partial charge on any atom is -0.444 e. The number of rotatable bonds is 4. The van der Waals surface area contributed by atoms with Gasteiger partial charge in [-0.3, -0.25) is 0 Å². The number of hydrogen-bond donors (Lipinski definition) is 0. The number of nitrogens with zero attached hydrogens (tertiary/aromatic N) is 1. The average molecular weight is 287 g/mol. The van der Waals surface area contributed by atoms with Crippen LogP contribution in [0, 0.1) is 5.92 Å².